The number of aromatic nitrogens is 2. The molecule has 1 heterocycles. The van der Waals surface area contributed by atoms with Crippen LogP contribution < -0.4 is 10.9 Å². The van der Waals surface area contributed by atoms with E-state index in [1.165, 1.54) is 9.58 Å². The van der Waals surface area contributed by atoms with Crippen LogP contribution in [0, 0.1) is 13.8 Å². The number of nitrogens with zero attached hydrogens (tertiary/aromatic N) is 3. The highest BCUT2D eigenvalue weighted by Crippen LogP contribution is 2.19. The third-order valence-electron chi connectivity index (χ3n) is 4.90. The van der Waals surface area contributed by atoms with E-state index in [4.69, 9.17) is 0 Å². The number of likely N-dealkylation sites (N-methyl/N-ethyl adjacent to an activating group) is 1. The second kappa shape index (κ2) is 8.26. The summed E-state index contributed by atoms with van der Waals surface area (Å²) in [5.41, 5.74) is 3.00. The van der Waals surface area contributed by atoms with Crippen LogP contribution in [0.1, 0.15) is 16.8 Å². The van der Waals surface area contributed by atoms with Crippen molar-refractivity contribution in [3.63, 3.8) is 0 Å². The van der Waals surface area contributed by atoms with Gasteiger partial charge in [0.15, 0.2) is 0 Å². The monoisotopic (exact) mass is 392 g/mol. The third-order valence-corrected chi connectivity index (χ3v) is 4.90. The number of carbonyl (C=O) groups excluding carboxylic acids is 2. The number of aryl methyl sites for hydroxylation is 3. The summed E-state index contributed by atoms with van der Waals surface area (Å²) in [5.74, 6) is -0.519. The summed E-state index contributed by atoms with van der Waals surface area (Å²) in [6.07, 6.45) is 0.00179. The van der Waals surface area contributed by atoms with Crippen LogP contribution in [0.15, 0.2) is 47.3 Å². The van der Waals surface area contributed by atoms with E-state index in [0.29, 0.717) is 16.5 Å². The van der Waals surface area contributed by atoms with Gasteiger partial charge in [0.25, 0.3) is 5.56 Å². The average molecular weight is 392 g/mol. The smallest absolute Gasteiger partial charge is 0.274 e. The van der Waals surface area contributed by atoms with Crippen LogP contribution in [0.3, 0.4) is 0 Å². The Morgan fingerprint density at radius 3 is 2.31 bits per heavy atom. The van der Waals surface area contributed by atoms with Crippen molar-refractivity contribution < 1.29 is 9.59 Å². The number of carbonyl (C=O) groups is 2. The molecule has 0 atom stereocenters. The molecule has 3 aromatic rings. The van der Waals surface area contributed by atoms with Gasteiger partial charge < -0.3 is 10.2 Å². The van der Waals surface area contributed by atoms with Crippen LogP contribution >= 0.6 is 0 Å². The summed E-state index contributed by atoms with van der Waals surface area (Å²) in [5, 5.41) is 8.30. The van der Waals surface area contributed by atoms with E-state index in [1.807, 2.05) is 32.0 Å². The molecule has 0 aliphatic carbocycles. The van der Waals surface area contributed by atoms with Gasteiger partial charge >= 0.3 is 0 Å². The molecule has 2 amide bonds. The van der Waals surface area contributed by atoms with Gasteiger partial charge in [-0.1, -0.05) is 36.4 Å². The van der Waals surface area contributed by atoms with Crippen LogP contribution in [-0.4, -0.2) is 40.1 Å². The first-order valence-corrected chi connectivity index (χ1v) is 9.33. The number of rotatable bonds is 5. The topological polar surface area (TPSA) is 84.3 Å². The molecule has 1 aromatic heterocycles. The van der Waals surface area contributed by atoms with Crippen molar-refractivity contribution in [2.75, 3.05) is 18.9 Å². The molecule has 0 saturated carbocycles. The van der Waals surface area contributed by atoms with Gasteiger partial charge in [-0.15, -0.1) is 0 Å². The first-order valence-electron chi connectivity index (χ1n) is 9.33. The second-order valence-corrected chi connectivity index (χ2v) is 7.16. The Kier molecular flexibility index (Phi) is 5.77. The molecule has 2 aromatic carbocycles. The first-order chi connectivity index (χ1) is 13.8. The van der Waals surface area contributed by atoms with Gasteiger partial charge in [-0.05, 0) is 31.0 Å². The second-order valence-electron chi connectivity index (χ2n) is 7.16. The Morgan fingerprint density at radius 1 is 1.03 bits per heavy atom. The molecule has 150 valence electrons. The SMILES string of the molecule is Cc1cccc(C)c1NC(=O)CN(C)C(=O)Cc1nn(C)c(=O)c2ccccc12. The lowest BCUT2D eigenvalue weighted by molar-refractivity contribution is -0.132. The number of nitrogens with one attached hydrogen (secondary N) is 1. The quantitative estimate of drug-likeness (QED) is 0.721. The largest absolute Gasteiger partial charge is 0.336 e. The number of hydrogen-bond acceptors (Lipinski definition) is 4. The molecule has 0 radical (unpaired) electrons. The van der Waals surface area contributed by atoms with Crippen molar-refractivity contribution in [2.45, 2.75) is 20.3 Å². The van der Waals surface area contributed by atoms with Gasteiger partial charge in [0.2, 0.25) is 11.8 Å². The maximum atomic E-state index is 12.7. The van der Waals surface area contributed by atoms with Crippen molar-refractivity contribution in [3.05, 3.63) is 69.6 Å². The van der Waals surface area contributed by atoms with Crippen molar-refractivity contribution in [2.24, 2.45) is 7.05 Å². The van der Waals surface area contributed by atoms with Crippen molar-refractivity contribution in [1.82, 2.24) is 14.7 Å². The van der Waals surface area contributed by atoms with E-state index < -0.39 is 0 Å². The number of anilines is 1. The number of benzene rings is 2. The molecule has 29 heavy (non-hydrogen) atoms. The highest BCUT2D eigenvalue weighted by atomic mass is 16.2. The number of amides is 2. The van der Waals surface area contributed by atoms with Gasteiger partial charge in [-0.25, -0.2) is 4.68 Å². The molecule has 3 rings (SSSR count). The molecule has 0 fully saturated rings. The van der Waals surface area contributed by atoms with Crippen LogP contribution in [0.2, 0.25) is 0 Å². The fraction of sp³-hybridized carbons (Fsp3) is 0.273. The minimum Gasteiger partial charge on any atom is -0.336 e. The van der Waals surface area contributed by atoms with E-state index >= 15 is 0 Å². The third kappa shape index (κ3) is 4.34. The van der Waals surface area contributed by atoms with Crippen LogP contribution in [0.4, 0.5) is 5.69 Å². The number of hydrogen-bond donors (Lipinski definition) is 1. The zero-order valence-electron chi connectivity index (χ0n) is 17.0. The predicted octanol–water partition coefficient (Wildman–Crippen LogP) is 2.19. The Labute approximate surface area is 169 Å². The van der Waals surface area contributed by atoms with Gasteiger partial charge in [0.05, 0.1) is 24.0 Å². The van der Waals surface area contributed by atoms with Crippen molar-refractivity contribution in [1.29, 1.82) is 0 Å². The maximum Gasteiger partial charge on any atom is 0.274 e. The number of para-hydroxylation sites is 1. The predicted molar refractivity (Wildman–Crippen MR) is 113 cm³/mol. The summed E-state index contributed by atoms with van der Waals surface area (Å²) in [7, 11) is 3.14. The normalized spacial score (nSPS) is 10.8. The first kappa shape index (κ1) is 20.3. The van der Waals surface area contributed by atoms with E-state index in [1.54, 1.807) is 38.4 Å². The summed E-state index contributed by atoms with van der Waals surface area (Å²) in [4.78, 5) is 38.7. The van der Waals surface area contributed by atoms with Gasteiger partial charge in [0.1, 0.15) is 0 Å². The Morgan fingerprint density at radius 2 is 1.66 bits per heavy atom. The molecule has 7 nitrogen and oxygen atoms in total. The summed E-state index contributed by atoms with van der Waals surface area (Å²) >= 11 is 0. The molecular formula is C22H24N4O3. The molecular weight excluding hydrogens is 368 g/mol. The fourth-order valence-electron chi connectivity index (χ4n) is 3.28. The molecule has 0 bridgehead atoms. The van der Waals surface area contributed by atoms with Crippen LogP contribution in [-0.2, 0) is 23.1 Å². The van der Waals surface area contributed by atoms with Crippen LogP contribution in [0.5, 0.6) is 0 Å². The van der Waals surface area contributed by atoms with Crippen molar-refractivity contribution in [3.8, 4) is 0 Å². The standard InChI is InChI=1S/C22H24N4O3/c1-14-8-7-9-15(2)21(14)23-19(27)13-25(3)20(28)12-18-16-10-5-6-11-17(16)22(29)26(4)24-18/h5-11H,12-13H2,1-4H3,(H,23,27). The van der Waals surface area contributed by atoms with Gasteiger partial charge in [-0.3, -0.25) is 14.4 Å². The zero-order valence-corrected chi connectivity index (χ0v) is 17.0. The minimum atomic E-state index is -0.267. The molecule has 0 spiro atoms. The molecule has 0 unspecified atom stereocenters. The molecule has 7 heteroatoms. The van der Waals surface area contributed by atoms with Gasteiger partial charge in [0, 0.05) is 25.2 Å². The lowest BCUT2D eigenvalue weighted by atomic mass is 10.1. The maximum absolute atomic E-state index is 12.7. The highest BCUT2D eigenvalue weighted by molar-refractivity contribution is 5.96. The molecule has 0 aliphatic rings. The highest BCUT2D eigenvalue weighted by Gasteiger charge is 2.18. The minimum absolute atomic E-state index is 0.00179. The molecule has 0 aliphatic heterocycles. The van der Waals surface area contributed by atoms with E-state index in [2.05, 4.69) is 10.4 Å². The molecule has 1 N–H and O–H groups in total. The zero-order chi connectivity index (χ0) is 21.1. The number of fused-ring (bicyclic) bond motifs is 1. The van der Waals surface area contributed by atoms with E-state index in [0.717, 1.165) is 16.8 Å². The Balaban J connectivity index is 1.73. The van der Waals surface area contributed by atoms with E-state index in [-0.39, 0.29) is 30.3 Å². The fourth-order valence-corrected chi connectivity index (χ4v) is 3.28. The molecule has 0 saturated heterocycles. The lowest BCUT2D eigenvalue weighted by Crippen LogP contribution is -2.36. The summed E-state index contributed by atoms with van der Waals surface area (Å²) in [6.45, 7) is 3.78. The Hall–Kier alpha value is -3.48. The Bertz CT molecular complexity index is 1130. The average Bonchev–Trinajstić information content (AvgIpc) is 2.68. The van der Waals surface area contributed by atoms with Crippen LogP contribution in [0.25, 0.3) is 10.8 Å². The summed E-state index contributed by atoms with van der Waals surface area (Å²) in [6, 6.07) is 12.9. The lowest BCUT2D eigenvalue weighted by Gasteiger charge is -2.18. The van der Waals surface area contributed by atoms with E-state index in [9.17, 15) is 14.4 Å². The van der Waals surface area contributed by atoms with Gasteiger partial charge in [-0.2, -0.15) is 5.10 Å². The van der Waals surface area contributed by atoms with Crippen molar-refractivity contribution >= 4 is 28.3 Å². The summed E-state index contributed by atoms with van der Waals surface area (Å²) < 4.78 is 1.23.